The third kappa shape index (κ3) is 3.58. The summed E-state index contributed by atoms with van der Waals surface area (Å²) >= 11 is 0. The maximum Gasteiger partial charge on any atom is 0.225 e. The quantitative estimate of drug-likeness (QED) is 0.603. The van der Waals surface area contributed by atoms with Crippen molar-refractivity contribution in [1.29, 1.82) is 0 Å². The van der Waals surface area contributed by atoms with Gasteiger partial charge in [0.1, 0.15) is 5.82 Å². The number of anilines is 3. The van der Waals surface area contributed by atoms with Crippen molar-refractivity contribution in [2.75, 3.05) is 35.6 Å². The fourth-order valence-electron chi connectivity index (χ4n) is 4.12. The average molecular weight is 393 g/mol. The number of nitrogens with one attached hydrogen (secondary N) is 2. The molecule has 0 aromatic carbocycles. The number of ether oxygens (including phenoxy) is 1. The SMILES string of the molecule is Nc1[nH]ncc1-c1ccnc(NC2COC3(CCN(c4ncccn4)CC3)C2)n1. The van der Waals surface area contributed by atoms with E-state index in [1.807, 2.05) is 12.1 Å². The minimum Gasteiger partial charge on any atom is -0.384 e. The summed E-state index contributed by atoms with van der Waals surface area (Å²) in [6.45, 7) is 2.42. The Bertz CT molecular complexity index is 969. The summed E-state index contributed by atoms with van der Waals surface area (Å²) in [6.07, 6.45) is 9.79. The van der Waals surface area contributed by atoms with Gasteiger partial charge in [-0.05, 0) is 31.4 Å². The highest BCUT2D eigenvalue weighted by Crippen LogP contribution is 2.37. The summed E-state index contributed by atoms with van der Waals surface area (Å²) in [7, 11) is 0. The molecule has 2 aliphatic heterocycles. The van der Waals surface area contributed by atoms with Gasteiger partial charge in [0, 0.05) is 31.7 Å². The summed E-state index contributed by atoms with van der Waals surface area (Å²) in [5, 5.41) is 10.1. The maximum atomic E-state index is 6.25. The summed E-state index contributed by atoms with van der Waals surface area (Å²) in [5.74, 6) is 1.86. The van der Waals surface area contributed by atoms with Gasteiger partial charge in [0.05, 0.1) is 35.7 Å². The van der Waals surface area contributed by atoms with Gasteiger partial charge in [-0.25, -0.2) is 19.9 Å². The number of rotatable bonds is 4. The van der Waals surface area contributed by atoms with E-state index in [4.69, 9.17) is 10.5 Å². The second-order valence-electron chi connectivity index (χ2n) is 7.54. The number of aromatic nitrogens is 6. The Hall–Kier alpha value is -3.27. The van der Waals surface area contributed by atoms with E-state index >= 15 is 0 Å². The van der Waals surface area contributed by atoms with Crippen LogP contribution in [-0.4, -0.2) is 61.5 Å². The molecule has 1 unspecified atom stereocenters. The molecule has 10 heteroatoms. The van der Waals surface area contributed by atoms with Crippen LogP contribution in [0.5, 0.6) is 0 Å². The number of hydrogen-bond donors (Lipinski definition) is 3. The van der Waals surface area contributed by atoms with Gasteiger partial charge < -0.3 is 20.7 Å². The molecule has 2 saturated heterocycles. The van der Waals surface area contributed by atoms with Gasteiger partial charge in [-0.3, -0.25) is 5.10 Å². The van der Waals surface area contributed by atoms with Crippen LogP contribution in [0.15, 0.2) is 36.9 Å². The van der Waals surface area contributed by atoms with E-state index < -0.39 is 0 Å². The summed E-state index contributed by atoms with van der Waals surface area (Å²) in [5.41, 5.74) is 7.30. The standard InChI is InChI=1S/C19H23N9O/c20-16-14(11-24-27-16)15-2-7-21-17(26-15)25-13-10-19(29-12-13)3-8-28(9-4-19)18-22-5-1-6-23-18/h1-2,5-7,11,13H,3-4,8-10,12H2,(H3,20,24,27)(H,21,25,26). The fourth-order valence-corrected chi connectivity index (χ4v) is 4.12. The zero-order chi connectivity index (χ0) is 19.7. The number of nitrogens with zero attached hydrogens (tertiary/aromatic N) is 6. The monoisotopic (exact) mass is 393 g/mol. The van der Waals surface area contributed by atoms with Crippen molar-refractivity contribution in [3.05, 3.63) is 36.9 Å². The molecule has 1 spiro atoms. The van der Waals surface area contributed by atoms with Crippen LogP contribution < -0.4 is 16.0 Å². The fraction of sp³-hybridized carbons (Fsp3) is 0.421. The molecule has 4 N–H and O–H groups in total. The number of nitrogen functional groups attached to an aromatic ring is 1. The smallest absolute Gasteiger partial charge is 0.225 e. The summed E-state index contributed by atoms with van der Waals surface area (Å²) < 4.78 is 6.25. The van der Waals surface area contributed by atoms with Gasteiger partial charge in [-0.15, -0.1) is 0 Å². The van der Waals surface area contributed by atoms with Gasteiger partial charge in [0.25, 0.3) is 0 Å². The number of piperidine rings is 1. The van der Waals surface area contributed by atoms with Gasteiger partial charge in [0.2, 0.25) is 11.9 Å². The van der Waals surface area contributed by atoms with Crippen molar-refractivity contribution < 1.29 is 4.74 Å². The van der Waals surface area contributed by atoms with E-state index in [0.29, 0.717) is 18.4 Å². The van der Waals surface area contributed by atoms with Gasteiger partial charge >= 0.3 is 0 Å². The zero-order valence-electron chi connectivity index (χ0n) is 16.0. The first-order chi connectivity index (χ1) is 14.2. The number of H-pyrrole nitrogens is 1. The van der Waals surface area contributed by atoms with Crippen LogP contribution >= 0.6 is 0 Å². The molecule has 10 nitrogen and oxygen atoms in total. The Morgan fingerprint density at radius 1 is 1.17 bits per heavy atom. The lowest BCUT2D eigenvalue weighted by Crippen LogP contribution is -2.45. The number of nitrogens with two attached hydrogens (primary N) is 1. The second kappa shape index (κ2) is 7.28. The first-order valence-corrected chi connectivity index (χ1v) is 9.76. The molecule has 29 heavy (non-hydrogen) atoms. The lowest BCUT2D eigenvalue weighted by Gasteiger charge is -2.38. The van der Waals surface area contributed by atoms with Crippen LogP contribution in [-0.2, 0) is 4.74 Å². The van der Waals surface area contributed by atoms with E-state index in [2.05, 4.69) is 40.3 Å². The van der Waals surface area contributed by atoms with Crippen LogP contribution in [0.4, 0.5) is 17.7 Å². The molecule has 0 aliphatic carbocycles. The predicted molar refractivity (Wildman–Crippen MR) is 108 cm³/mol. The van der Waals surface area contributed by atoms with E-state index in [0.717, 1.165) is 49.6 Å². The first-order valence-electron chi connectivity index (χ1n) is 9.76. The molecule has 2 fully saturated rings. The number of hydrogen-bond acceptors (Lipinski definition) is 9. The minimum atomic E-state index is -0.102. The Morgan fingerprint density at radius 2 is 2.00 bits per heavy atom. The van der Waals surface area contributed by atoms with Gasteiger partial charge in [0.15, 0.2) is 0 Å². The number of aromatic amines is 1. The van der Waals surface area contributed by atoms with Crippen molar-refractivity contribution in [3.8, 4) is 11.3 Å². The zero-order valence-corrected chi connectivity index (χ0v) is 16.0. The average Bonchev–Trinajstić information content (AvgIpc) is 3.36. The highest BCUT2D eigenvalue weighted by Gasteiger charge is 2.43. The molecule has 0 amide bonds. The minimum absolute atomic E-state index is 0.102. The van der Waals surface area contributed by atoms with Crippen molar-refractivity contribution in [3.63, 3.8) is 0 Å². The molecule has 1 atom stereocenters. The molecule has 150 valence electrons. The molecule has 0 radical (unpaired) electrons. The molecule has 2 aliphatic rings. The Kier molecular flexibility index (Phi) is 4.47. The lowest BCUT2D eigenvalue weighted by atomic mass is 9.87. The van der Waals surface area contributed by atoms with Crippen molar-refractivity contribution in [2.24, 2.45) is 0 Å². The summed E-state index contributed by atoms with van der Waals surface area (Å²) in [4.78, 5) is 19.9. The lowest BCUT2D eigenvalue weighted by molar-refractivity contribution is -0.0149. The highest BCUT2D eigenvalue weighted by atomic mass is 16.5. The molecular weight excluding hydrogens is 370 g/mol. The molecule has 5 rings (SSSR count). The second-order valence-corrected chi connectivity index (χ2v) is 7.54. The van der Waals surface area contributed by atoms with Crippen LogP contribution in [0.1, 0.15) is 19.3 Å². The normalized spacial score (nSPS) is 20.8. The van der Waals surface area contributed by atoms with Crippen LogP contribution in [0, 0.1) is 0 Å². The topological polar surface area (TPSA) is 131 Å². The molecule has 3 aromatic rings. The molecule has 0 saturated carbocycles. The van der Waals surface area contributed by atoms with E-state index in [9.17, 15) is 0 Å². The van der Waals surface area contributed by atoms with Gasteiger partial charge in [-0.2, -0.15) is 5.10 Å². The maximum absolute atomic E-state index is 6.25. The first kappa shape index (κ1) is 17.8. The molecule has 3 aromatic heterocycles. The van der Waals surface area contributed by atoms with Crippen molar-refractivity contribution in [1.82, 2.24) is 30.1 Å². The van der Waals surface area contributed by atoms with Crippen molar-refractivity contribution >= 4 is 17.7 Å². The third-order valence-electron chi connectivity index (χ3n) is 5.65. The van der Waals surface area contributed by atoms with E-state index in [1.165, 1.54) is 0 Å². The van der Waals surface area contributed by atoms with E-state index in [1.54, 1.807) is 24.8 Å². The predicted octanol–water partition coefficient (Wildman–Crippen LogP) is 1.48. The highest BCUT2D eigenvalue weighted by molar-refractivity contribution is 5.70. The summed E-state index contributed by atoms with van der Waals surface area (Å²) in [6, 6.07) is 3.83. The molecule has 5 heterocycles. The molecular formula is C19H23N9O. The van der Waals surface area contributed by atoms with Crippen LogP contribution in [0.25, 0.3) is 11.3 Å². The van der Waals surface area contributed by atoms with Crippen molar-refractivity contribution in [2.45, 2.75) is 30.9 Å². The van der Waals surface area contributed by atoms with Gasteiger partial charge in [-0.1, -0.05) is 0 Å². The van der Waals surface area contributed by atoms with E-state index in [-0.39, 0.29) is 11.6 Å². The largest absolute Gasteiger partial charge is 0.384 e. The third-order valence-corrected chi connectivity index (χ3v) is 5.65. The Labute approximate surface area is 167 Å². The Balaban J connectivity index is 1.22. The van der Waals surface area contributed by atoms with Crippen LogP contribution in [0.2, 0.25) is 0 Å². The van der Waals surface area contributed by atoms with Crippen LogP contribution in [0.3, 0.4) is 0 Å². The molecule has 0 bridgehead atoms. The Morgan fingerprint density at radius 3 is 2.76 bits per heavy atom.